The molecule has 1 unspecified atom stereocenters. The van der Waals surface area contributed by atoms with Gasteiger partial charge in [-0.2, -0.15) is 0 Å². The van der Waals surface area contributed by atoms with Crippen molar-refractivity contribution in [3.63, 3.8) is 0 Å². The van der Waals surface area contributed by atoms with Crippen molar-refractivity contribution >= 4 is 45.3 Å². The van der Waals surface area contributed by atoms with E-state index in [1.807, 2.05) is 39.0 Å². The van der Waals surface area contributed by atoms with Crippen LogP contribution in [-0.4, -0.2) is 81.2 Å². The minimum absolute atomic E-state index is 0.00189. The summed E-state index contributed by atoms with van der Waals surface area (Å²) in [5, 5.41) is 3.29. The molecule has 10 nitrogen and oxygen atoms in total. The van der Waals surface area contributed by atoms with Gasteiger partial charge in [0.25, 0.3) is 5.91 Å². The predicted molar refractivity (Wildman–Crippen MR) is 193 cm³/mol. The zero-order valence-electron chi connectivity index (χ0n) is 30.9. The molecule has 2 aliphatic heterocycles. The van der Waals surface area contributed by atoms with Gasteiger partial charge in [0.1, 0.15) is 31.4 Å². The number of carbonyl (C=O) groups is 4. The highest BCUT2D eigenvalue weighted by Gasteiger charge is 2.42. The van der Waals surface area contributed by atoms with Crippen LogP contribution in [0.25, 0.3) is 0 Å². The summed E-state index contributed by atoms with van der Waals surface area (Å²) in [6.07, 6.45) is 9.49. The first-order valence-corrected chi connectivity index (χ1v) is 23.6. The highest BCUT2D eigenvalue weighted by Crippen LogP contribution is 2.38. The largest absolute Gasteiger partial charge is 0.460 e. The molecule has 0 aromatic carbocycles. The molecule has 1 aromatic heterocycles. The average Bonchev–Trinajstić information content (AvgIpc) is 3.61. The number of nitrogens with one attached hydrogen (secondary N) is 1. The number of allylic oxidation sites excluding steroid dienone is 2. The first-order valence-electron chi connectivity index (χ1n) is 17.2. The molecule has 1 N–H and O–H groups in total. The summed E-state index contributed by atoms with van der Waals surface area (Å²) in [4.78, 5) is 59.8. The Balaban J connectivity index is 2.03. The van der Waals surface area contributed by atoms with Gasteiger partial charge in [0, 0.05) is 25.9 Å². The molecule has 266 valence electrons. The number of ketones is 1. The number of esters is 1. The van der Waals surface area contributed by atoms with Crippen LogP contribution in [0.3, 0.4) is 0 Å². The van der Waals surface area contributed by atoms with Crippen molar-refractivity contribution < 1.29 is 32.8 Å². The number of hydrogen-bond donors (Lipinski definition) is 1. The van der Waals surface area contributed by atoms with Crippen LogP contribution >= 0.6 is 0 Å². The number of hydrogen-bond acceptors (Lipinski definition) is 8. The second-order valence-electron chi connectivity index (χ2n) is 15.9. The van der Waals surface area contributed by atoms with Crippen molar-refractivity contribution in [1.82, 2.24) is 15.2 Å². The number of Topliss-reactive ketones (excluding diaryl/α,β-unsaturated/α-hetero) is 1. The van der Waals surface area contributed by atoms with Crippen LogP contribution in [0.4, 0.5) is 0 Å². The summed E-state index contributed by atoms with van der Waals surface area (Å²) in [6.45, 7) is 23.5. The first-order chi connectivity index (χ1) is 22.2. The molecular weight excluding hydrogens is 643 g/mol. The van der Waals surface area contributed by atoms with Gasteiger partial charge in [-0.05, 0) is 49.9 Å². The van der Waals surface area contributed by atoms with Gasteiger partial charge in [0.15, 0.2) is 14.0 Å². The van der Waals surface area contributed by atoms with Gasteiger partial charge in [-0.25, -0.2) is 9.78 Å². The molecule has 0 saturated carbocycles. The molecule has 2 bridgehead atoms. The van der Waals surface area contributed by atoms with E-state index in [2.05, 4.69) is 63.8 Å². The number of nitrogens with zero attached hydrogens (tertiary/aromatic N) is 2. The van der Waals surface area contributed by atoms with Gasteiger partial charge in [0.05, 0.1) is 12.5 Å². The van der Waals surface area contributed by atoms with Crippen LogP contribution in [0.5, 0.6) is 0 Å². The summed E-state index contributed by atoms with van der Waals surface area (Å²) < 4.78 is 18.9. The van der Waals surface area contributed by atoms with Crippen LogP contribution in [0.1, 0.15) is 83.6 Å². The molecule has 0 radical (unpaired) electrons. The van der Waals surface area contributed by atoms with Crippen molar-refractivity contribution in [3.05, 3.63) is 47.5 Å². The van der Waals surface area contributed by atoms with Crippen molar-refractivity contribution in [2.24, 2.45) is 5.92 Å². The van der Waals surface area contributed by atoms with E-state index in [0.717, 1.165) is 5.57 Å². The number of aromatic nitrogens is 1. The van der Waals surface area contributed by atoms with Gasteiger partial charge < -0.3 is 23.8 Å². The number of oxazole rings is 1. The lowest BCUT2D eigenvalue weighted by Gasteiger charge is -2.38. The fraction of sp³-hybridized carbons (Fsp3) is 0.639. The van der Waals surface area contributed by atoms with Gasteiger partial charge in [0.2, 0.25) is 11.8 Å². The predicted octanol–water partition coefficient (Wildman–Crippen LogP) is 5.86. The maximum atomic E-state index is 14.1. The molecule has 3 heterocycles. The summed E-state index contributed by atoms with van der Waals surface area (Å²) in [5.74, 6) is -1.02. The molecule has 1 fully saturated rings. The summed E-state index contributed by atoms with van der Waals surface area (Å²) >= 11 is 0. The minimum Gasteiger partial charge on any atom is -0.460 e. The van der Waals surface area contributed by atoms with E-state index >= 15 is 0 Å². The van der Waals surface area contributed by atoms with E-state index in [9.17, 15) is 19.2 Å². The molecule has 3 atom stereocenters. The van der Waals surface area contributed by atoms with Gasteiger partial charge in [-0.3, -0.25) is 14.4 Å². The molecular formula is C36H57N3O7Si2. The highest BCUT2D eigenvalue weighted by molar-refractivity contribution is 6.88. The molecule has 0 aliphatic carbocycles. The van der Waals surface area contributed by atoms with E-state index in [1.165, 1.54) is 11.0 Å². The van der Waals surface area contributed by atoms with Crippen LogP contribution in [0.2, 0.25) is 37.8 Å². The normalized spacial score (nSPS) is 25.6. The van der Waals surface area contributed by atoms with Crippen LogP contribution in [-0.2, 0) is 30.0 Å². The van der Waals surface area contributed by atoms with Crippen molar-refractivity contribution in [2.45, 2.75) is 130 Å². The van der Waals surface area contributed by atoms with E-state index in [4.69, 9.17) is 13.6 Å². The Hall–Kier alpha value is -3.10. The standard InChI is InChI=1S/C36H57N3O7Si2/c1-24(2)29-17-12-18-30(41)37-19-13-15-25(3)21-27(46-48(10,11)36(4,5)6)22-26(40)23-31-38-32(35(45-31)47(7,8)9)33(42)39-20-14-16-28(39)34(43)44-29/h12-13,15,18,21,24,27-29H,14,16-17,19-20,22-23H2,1-11H3,(H,37,41)/b15-13+,18-12+,25-21+/t27?,28-,29+/m1/s1. The molecule has 2 amide bonds. The van der Waals surface area contributed by atoms with Crippen LogP contribution in [0.15, 0.2) is 40.4 Å². The van der Waals surface area contributed by atoms with Crippen molar-refractivity contribution in [1.29, 1.82) is 0 Å². The number of cyclic esters (lactones) is 1. The maximum absolute atomic E-state index is 14.1. The molecule has 1 aromatic rings. The lowest BCUT2D eigenvalue weighted by Crippen LogP contribution is -2.47. The zero-order chi connectivity index (χ0) is 36.0. The second-order valence-corrected chi connectivity index (χ2v) is 25.7. The average molecular weight is 700 g/mol. The number of rotatable bonds is 4. The molecule has 0 spiro atoms. The molecule has 3 rings (SSSR count). The highest BCUT2D eigenvalue weighted by atomic mass is 28.4. The SMILES string of the molecule is CC1=C\C(O[Si](C)(C)C(C)(C)C)CC(=O)Cc2nc(c([Si](C)(C)C)o2)C(=O)N2CCC[C@@H]2C(=O)O[C@H](C(C)C)C/C=C/C(=O)NC\C=C\1. The van der Waals surface area contributed by atoms with E-state index in [1.54, 1.807) is 6.08 Å². The Morgan fingerprint density at radius 2 is 1.73 bits per heavy atom. The zero-order valence-corrected chi connectivity index (χ0v) is 32.9. The number of ether oxygens (including phenoxy) is 1. The maximum Gasteiger partial charge on any atom is 0.329 e. The van der Waals surface area contributed by atoms with Gasteiger partial charge >= 0.3 is 5.97 Å². The van der Waals surface area contributed by atoms with Crippen molar-refractivity contribution in [2.75, 3.05) is 13.1 Å². The van der Waals surface area contributed by atoms with Crippen LogP contribution < -0.4 is 10.7 Å². The molecule has 1 saturated heterocycles. The second kappa shape index (κ2) is 16.1. The van der Waals surface area contributed by atoms with Crippen LogP contribution in [0, 0.1) is 5.92 Å². The summed E-state index contributed by atoms with van der Waals surface area (Å²) in [5.41, 5.74) is 1.08. The van der Waals surface area contributed by atoms with E-state index in [-0.39, 0.29) is 53.0 Å². The number of amides is 2. The Bertz CT molecular complexity index is 1430. The Morgan fingerprint density at radius 1 is 1.04 bits per heavy atom. The van der Waals surface area contributed by atoms with E-state index < -0.39 is 40.6 Å². The third-order valence-electron chi connectivity index (χ3n) is 9.24. The fourth-order valence-electron chi connectivity index (χ4n) is 5.44. The Morgan fingerprint density at radius 3 is 2.35 bits per heavy atom. The lowest BCUT2D eigenvalue weighted by atomic mass is 10.0. The summed E-state index contributed by atoms with van der Waals surface area (Å²) in [7, 11) is -4.48. The third-order valence-corrected chi connectivity index (χ3v) is 15.4. The molecule has 48 heavy (non-hydrogen) atoms. The Labute approximate surface area is 288 Å². The van der Waals surface area contributed by atoms with E-state index in [0.29, 0.717) is 37.7 Å². The monoisotopic (exact) mass is 699 g/mol. The summed E-state index contributed by atoms with van der Waals surface area (Å²) in [6, 6.07) is -0.751. The number of carbonyl (C=O) groups excluding carboxylic acids is 4. The smallest absolute Gasteiger partial charge is 0.329 e. The van der Waals surface area contributed by atoms with Gasteiger partial charge in [-0.1, -0.05) is 84.1 Å². The van der Waals surface area contributed by atoms with Gasteiger partial charge in [-0.15, -0.1) is 0 Å². The topological polar surface area (TPSA) is 128 Å². The first kappa shape index (κ1) is 39.3. The minimum atomic E-state index is -2.25. The fourth-order valence-corrected chi connectivity index (χ4v) is 8.00. The lowest BCUT2D eigenvalue weighted by molar-refractivity contribution is -0.155. The molecule has 12 heteroatoms. The number of fused-ring (bicyclic) bond motifs is 3. The molecule has 2 aliphatic rings. The Kier molecular flexibility index (Phi) is 13.2. The van der Waals surface area contributed by atoms with Crippen molar-refractivity contribution in [3.8, 4) is 0 Å². The third kappa shape index (κ3) is 10.7. The quantitative estimate of drug-likeness (QED) is 0.306.